The normalized spacial score (nSPS) is 16.3. The van der Waals surface area contributed by atoms with Crippen LogP contribution in [-0.2, 0) is 17.7 Å². The minimum atomic E-state index is -0.0413. The highest BCUT2D eigenvalue weighted by Gasteiger charge is 2.22. The molecule has 0 radical (unpaired) electrons. The van der Waals surface area contributed by atoms with Crippen molar-refractivity contribution < 1.29 is 9.53 Å². The van der Waals surface area contributed by atoms with Crippen molar-refractivity contribution in [1.82, 2.24) is 15.2 Å². The maximum atomic E-state index is 12.7. The maximum absolute atomic E-state index is 12.7. The molecule has 1 unspecified atom stereocenters. The summed E-state index contributed by atoms with van der Waals surface area (Å²) >= 11 is 0. The molecule has 1 N–H and O–H groups in total. The molecule has 0 saturated carbocycles. The van der Waals surface area contributed by atoms with E-state index < -0.39 is 0 Å². The molecule has 1 aliphatic heterocycles. The van der Waals surface area contributed by atoms with E-state index in [4.69, 9.17) is 4.74 Å². The number of benzene rings is 1. The molecule has 0 spiro atoms. The van der Waals surface area contributed by atoms with Crippen LogP contribution in [0.1, 0.15) is 36.1 Å². The number of nitrogens with one attached hydrogen (secondary N) is 1. The van der Waals surface area contributed by atoms with Gasteiger partial charge in [0.1, 0.15) is 0 Å². The Hall–Kier alpha value is -2.40. The molecule has 0 aliphatic carbocycles. The number of hydrogen-bond acceptors (Lipinski definition) is 3. The van der Waals surface area contributed by atoms with Gasteiger partial charge in [0.05, 0.1) is 18.3 Å². The molecular weight excluding hydrogens is 338 g/mol. The topological polar surface area (TPSA) is 54.5 Å². The Morgan fingerprint density at radius 1 is 1.30 bits per heavy atom. The number of carbonyl (C=O) groups is 1. The van der Waals surface area contributed by atoms with Gasteiger partial charge in [-0.2, -0.15) is 0 Å². The standard InChI is InChI=1S/C22H29N3O2/c1-18-7-4-8-19(15-18)9-5-13-24-22(26)25(17-21-11-6-14-27-21)16-20-10-2-3-12-23-20/h2-4,7-8,10,12,15,21H,5-6,9,11,13-14,16-17H2,1H3,(H,24,26). The lowest BCUT2D eigenvalue weighted by Crippen LogP contribution is -2.43. The Kier molecular flexibility index (Phi) is 7.22. The zero-order chi connectivity index (χ0) is 18.9. The number of nitrogens with zero attached hydrogens (tertiary/aromatic N) is 2. The van der Waals surface area contributed by atoms with E-state index in [-0.39, 0.29) is 12.1 Å². The lowest BCUT2D eigenvalue weighted by molar-refractivity contribution is 0.0792. The Morgan fingerprint density at radius 3 is 2.96 bits per heavy atom. The molecule has 144 valence electrons. The molecule has 2 amide bonds. The fourth-order valence-corrected chi connectivity index (χ4v) is 3.41. The van der Waals surface area contributed by atoms with Crippen LogP contribution < -0.4 is 5.32 Å². The Bertz CT molecular complexity index is 715. The molecule has 2 heterocycles. The van der Waals surface area contributed by atoms with Gasteiger partial charge in [0.15, 0.2) is 0 Å². The molecule has 5 nitrogen and oxygen atoms in total. The zero-order valence-corrected chi connectivity index (χ0v) is 16.1. The Labute approximate surface area is 161 Å². The van der Waals surface area contributed by atoms with Crippen LogP contribution in [0.25, 0.3) is 0 Å². The average Bonchev–Trinajstić information content (AvgIpc) is 3.19. The largest absolute Gasteiger partial charge is 0.376 e. The second-order valence-corrected chi connectivity index (χ2v) is 7.16. The smallest absolute Gasteiger partial charge is 0.317 e. The summed E-state index contributed by atoms with van der Waals surface area (Å²) in [6, 6.07) is 14.3. The number of urea groups is 1. The minimum absolute atomic E-state index is 0.0413. The first-order chi connectivity index (χ1) is 13.2. The summed E-state index contributed by atoms with van der Waals surface area (Å²) in [6.45, 7) is 4.67. The van der Waals surface area contributed by atoms with Crippen LogP contribution in [-0.4, -0.2) is 41.7 Å². The highest BCUT2D eigenvalue weighted by molar-refractivity contribution is 5.74. The van der Waals surface area contributed by atoms with Crippen LogP contribution >= 0.6 is 0 Å². The molecule has 5 heteroatoms. The van der Waals surface area contributed by atoms with Crippen LogP contribution in [0.2, 0.25) is 0 Å². The second kappa shape index (κ2) is 10.1. The minimum Gasteiger partial charge on any atom is -0.376 e. The number of pyridine rings is 1. The van der Waals surface area contributed by atoms with Crippen molar-refractivity contribution in [1.29, 1.82) is 0 Å². The predicted octanol–water partition coefficient (Wildman–Crippen LogP) is 3.71. The van der Waals surface area contributed by atoms with E-state index in [1.165, 1.54) is 11.1 Å². The highest BCUT2D eigenvalue weighted by Crippen LogP contribution is 2.15. The van der Waals surface area contributed by atoms with Crippen molar-refractivity contribution in [3.63, 3.8) is 0 Å². The number of hydrogen-bond donors (Lipinski definition) is 1. The summed E-state index contributed by atoms with van der Waals surface area (Å²) < 4.78 is 5.72. The number of amides is 2. The van der Waals surface area contributed by atoms with Gasteiger partial charge in [0, 0.05) is 25.9 Å². The van der Waals surface area contributed by atoms with Gasteiger partial charge in [-0.3, -0.25) is 4.98 Å². The predicted molar refractivity (Wildman–Crippen MR) is 107 cm³/mol. The van der Waals surface area contributed by atoms with Gasteiger partial charge in [0.2, 0.25) is 0 Å². The van der Waals surface area contributed by atoms with Crippen molar-refractivity contribution in [3.05, 3.63) is 65.5 Å². The van der Waals surface area contributed by atoms with Crippen molar-refractivity contribution >= 4 is 6.03 Å². The first kappa shape index (κ1) is 19.4. The second-order valence-electron chi connectivity index (χ2n) is 7.16. The van der Waals surface area contributed by atoms with E-state index in [1.54, 1.807) is 6.20 Å². The number of aromatic nitrogens is 1. The number of rotatable bonds is 8. The number of carbonyl (C=O) groups excluding carboxylic acids is 1. The van der Waals surface area contributed by atoms with Gasteiger partial charge in [-0.05, 0) is 50.3 Å². The Balaban J connectivity index is 1.50. The first-order valence-corrected chi connectivity index (χ1v) is 9.80. The third-order valence-electron chi connectivity index (χ3n) is 4.82. The van der Waals surface area contributed by atoms with Gasteiger partial charge < -0.3 is 15.0 Å². The molecule has 1 aliphatic rings. The van der Waals surface area contributed by atoms with Crippen molar-refractivity contribution in [2.24, 2.45) is 0 Å². The number of aryl methyl sites for hydroxylation is 2. The van der Waals surface area contributed by atoms with Crippen molar-refractivity contribution in [2.75, 3.05) is 19.7 Å². The monoisotopic (exact) mass is 367 g/mol. The van der Waals surface area contributed by atoms with Crippen LogP contribution in [0.3, 0.4) is 0 Å². The van der Waals surface area contributed by atoms with E-state index in [0.717, 1.165) is 38.0 Å². The maximum Gasteiger partial charge on any atom is 0.317 e. The summed E-state index contributed by atoms with van der Waals surface area (Å²) in [7, 11) is 0. The van der Waals surface area contributed by atoms with E-state index in [1.807, 2.05) is 23.1 Å². The molecule has 1 aromatic carbocycles. The van der Waals surface area contributed by atoms with E-state index in [9.17, 15) is 4.79 Å². The highest BCUT2D eigenvalue weighted by atomic mass is 16.5. The van der Waals surface area contributed by atoms with Gasteiger partial charge in [-0.15, -0.1) is 0 Å². The molecule has 1 fully saturated rings. The SMILES string of the molecule is Cc1cccc(CCCNC(=O)N(Cc2ccccn2)CC2CCCO2)c1. The lowest BCUT2D eigenvalue weighted by Gasteiger charge is -2.25. The van der Waals surface area contributed by atoms with Crippen LogP contribution in [0, 0.1) is 6.92 Å². The summed E-state index contributed by atoms with van der Waals surface area (Å²) in [4.78, 5) is 18.9. The first-order valence-electron chi connectivity index (χ1n) is 9.80. The van der Waals surface area contributed by atoms with Crippen LogP contribution in [0.15, 0.2) is 48.7 Å². The number of ether oxygens (including phenoxy) is 1. The lowest BCUT2D eigenvalue weighted by atomic mass is 10.1. The molecule has 3 rings (SSSR count). The third kappa shape index (κ3) is 6.36. The summed E-state index contributed by atoms with van der Waals surface area (Å²) in [6.07, 6.45) is 5.87. The van der Waals surface area contributed by atoms with Gasteiger partial charge in [0.25, 0.3) is 0 Å². The fraction of sp³-hybridized carbons (Fsp3) is 0.455. The Morgan fingerprint density at radius 2 is 2.22 bits per heavy atom. The molecule has 1 atom stereocenters. The van der Waals surface area contributed by atoms with Crippen LogP contribution in [0.4, 0.5) is 4.79 Å². The quantitative estimate of drug-likeness (QED) is 0.724. The molecule has 1 aromatic heterocycles. The molecule has 1 saturated heterocycles. The fourth-order valence-electron chi connectivity index (χ4n) is 3.41. The van der Waals surface area contributed by atoms with Crippen molar-refractivity contribution in [3.8, 4) is 0 Å². The molecule has 27 heavy (non-hydrogen) atoms. The molecule has 0 bridgehead atoms. The van der Waals surface area contributed by atoms with Crippen molar-refractivity contribution in [2.45, 2.75) is 45.3 Å². The van der Waals surface area contributed by atoms with Gasteiger partial charge in [-0.25, -0.2) is 4.79 Å². The summed E-state index contributed by atoms with van der Waals surface area (Å²) in [5.41, 5.74) is 3.48. The molecular formula is C22H29N3O2. The van der Waals surface area contributed by atoms with Gasteiger partial charge in [-0.1, -0.05) is 35.9 Å². The summed E-state index contributed by atoms with van der Waals surface area (Å²) in [5, 5.41) is 3.07. The van der Waals surface area contributed by atoms with E-state index in [0.29, 0.717) is 19.6 Å². The third-order valence-corrected chi connectivity index (χ3v) is 4.82. The average molecular weight is 367 g/mol. The molecule has 2 aromatic rings. The van der Waals surface area contributed by atoms with E-state index in [2.05, 4.69) is 41.5 Å². The summed E-state index contributed by atoms with van der Waals surface area (Å²) in [5.74, 6) is 0. The van der Waals surface area contributed by atoms with Crippen LogP contribution in [0.5, 0.6) is 0 Å². The van der Waals surface area contributed by atoms with Gasteiger partial charge >= 0.3 is 6.03 Å². The van der Waals surface area contributed by atoms with E-state index >= 15 is 0 Å². The zero-order valence-electron chi connectivity index (χ0n) is 16.1.